The second-order valence-electron chi connectivity index (χ2n) is 9.99. The molecule has 0 spiro atoms. The molecule has 0 fully saturated rings. The average Bonchev–Trinajstić information content (AvgIpc) is 3.07. The minimum Gasteiger partial charge on any atom is -0.480 e. The second kappa shape index (κ2) is 9.59. The molecule has 3 rings (SSSR count). The number of alkyl carbamates (subject to hydrolysis) is 1. The number of carboxylic acid groups (broad SMARTS) is 1. The van der Waals surface area contributed by atoms with Gasteiger partial charge in [0.25, 0.3) is 0 Å². The lowest BCUT2D eigenvalue weighted by Crippen LogP contribution is -2.59. The van der Waals surface area contributed by atoms with Crippen LogP contribution in [0, 0.1) is 0 Å². The molecule has 0 saturated carbocycles. The summed E-state index contributed by atoms with van der Waals surface area (Å²) < 4.78 is 11.4. The molecular weight excluding hydrogens is 452 g/mol. The third-order valence-electron chi connectivity index (χ3n) is 6.69. The first-order valence-corrected chi connectivity index (χ1v) is 14.1. The van der Waals surface area contributed by atoms with E-state index in [4.69, 9.17) is 14.9 Å². The number of rotatable bonds is 8. The minimum absolute atomic E-state index is 0.0104. The number of nitrogens with two attached hydrogens (primary N) is 1. The van der Waals surface area contributed by atoms with E-state index >= 15 is 0 Å². The molecule has 0 aliphatic heterocycles. The van der Waals surface area contributed by atoms with Gasteiger partial charge in [0.2, 0.25) is 5.91 Å². The fourth-order valence-corrected chi connectivity index (χ4v) is 5.06. The number of primary amides is 1. The maximum atomic E-state index is 12.6. The number of carbonyl (C=O) groups excluding carboxylic acids is 2. The van der Waals surface area contributed by atoms with Crippen molar-refractivity contribution in [2.45, 2.75) is 57.0 Å². The smallest absolute Gasteiger partial charge is 0.407 e. The van der Waals surface area contributed by atoms with E-state index < -0.39 is 38.4 Å². The lowest BCUT2D eigenvalue weighted by atomic mass is 9.98. The third kappa shape index (κ3) is 5.15. The summed E-state index contributed by atoms with van der Waals surface area (Å²) in [6, 6.07) is 14.1. The maximum absolute atomic E-state index is 12.6. The Morgan fingerprint density at radius 3 is 1.97 bits per heavy atom. The predicted octanol–water partition coefficient (Wildman–Crippen LogP) is 3.85. The molecule has 0 saturated heterocycles. The van der Waals surface area contributed by atoms with Crippen LogP contribution in [-0.2, 0) is 18.8 Å². The van der Waals surface area contributed by atoms with Gasteiger partial charge in [0.15, 0.2) is 20.5 Å². The Hall–Kier alpha value is -3.17. The zero-order valence-corrected chi connectivity index (χ0v) is 21.1. The van der Waals surface area contributed by atoms with Crippen molar-refractivity contribution >= 4 is 26.3 Å². The Morgan fingerprint density at radius 2 is 1.53 bits per heavy atom. The van der Waals surface area contributed by atoms with Crippen molar-refractivity contribution in [3.05, 3.63) is 59.7 Å². The molecule has 0 aromatic heterocycles. The lowest BCUT2D eigenvalue weighted by molar-refractivity contribution is -0.145. The van der Waals surface area contributed by atoms with Crippen LogP contribution in [-0.4, -0.2) is 50.1 Å². The quantitative estimate of drug-likeness (QED) is 0.488. The normalized spacial score (nSPS) is 15.1. The van der Waals surface area contributed by atoms with E-state index in [1.165, 1.54) is 0 Å². The van der Waals surface area contributed by atoms with Crippen LogP contribution < -0.4 is 11.1 Å². The molecule has 2 aromatic rings. The molecule has 8 nitrogen and oxygen atoms in total. The van der Waals surface area contributed by atoms with E-state index in [1.54, 1.807) is 0 Å². The lowest BCUT2D eigenvalue weighted by Gasteiger charge is -2.39. The summed E-state index contributed by atoms with van der Waals surface area (Å²) in [5.41, 5.74) is 9.70. The van der Waals surface area contributed by atoms with Gasteiger partial charge in [0.05, 0.1) is 0 Å². The first kappa shape index (κ1) is 25.4. The van der Waals surface area contributed by atoms with Gasteiger partial charge in [-0.05, 0) is 40.4 Å². The molecule has 1 aliphatic rings. The van der Waals surface area contributed by atoms with Crippen molar-refractivity contribution in [3.63, 3.8) is 0 Å². The number of fused-ring (bicyclic) bond motifs is 3. The molecule has 2 aromatic carbocycles. The average molecular weight is 485 g/mol. The van der Waals surface area contributed by atoms with Gasteiger partial charge in [-0.25, -0.2) is 9.59 Å². The number of aliphatic carboxylic acids is 1. The zero-order chi connectivity index (χ0) is 25.3. The van der Waals surface area contributed by atoms with Crippen molar-refractivity contribution < 1.29 is 28.7 Å². The van der Waals surface area contributed by atoms with Gasteiger partial charge < -0.3 is 25.3 Å². The number of carboxylic acids is 1. The van der Waals surface area contributed by atoms with Crippen molar-refractivity contribution in [1.29, 1.82) is 0 Å². The molecule has 9 heteroatoms. The molecule has 4 N–H and O–H groups in total. The van der Waals surface area contributed by atoms with Gasteiger partial charge in [-0.2, -0.15) is 0 Å². The van der Waals surface area contributed by atoms with Crippen molar-refractivity contribution in [2.75, 3.05) is 6.61 Å². The number of hydrogen-bond donors (Lipinski definition) is 3. The highest BCUT2D eigenvalue weighted by molar-refractivity contribution is 6.74. The van der Waals surface area contributed by atoms with E-state index in [-0.39, 0.29) is 17.6 Å². The number of nitrogens with one attached hydrogen (secondary N) is 1. The maximum Gasteiger partial charge on any atom is 0.407 e. The first-order valence-electron chi connectivity index (χ1n) is 11.1. The second-order valence-corrected chi connectivity index (χ2v) is 14.7. The van der Waals surface area contributed by atoms with Crippen molar-refractivity contribution in [1.82, 2.24) is 5.32 Å². The number of hydrogen-bond acceptors (Lipinski definition) is 5. The van der Waals surface area contributed by atoms with Crippen LogP contribution in [0.4, 0.5) is 4.79 Å². The van der Waals surface area contributed by atoms with Gasteiger partial charge >= 0.3 is 12.1 Å². The van der Waals surface area contributed by atoms with Crippen LogP contribution in [0.3, 0.4) is 0 Å². The van der Waals surface area contributed by atoms with E-state index in [9.17, 15) is 19.5 Å². The van der Waals surface area contributed by atoms with Crippen LogP contribution in [0.5, 0.6) is 0 Å². The standard InChI is InChI=1S/C25H32N2O6Si/c1-25(2,3)34(4,5)33-21(22(26)28)20(23(29)30)27-24(31)32-14-19-17-12-8-6-10-15(17)16-11-7-9-13-18(16)19/h6-13,19-21H,14H2,1-5H3,(H2,26,28)(H,27,31)(H,29,30)/t20-,21+/m0/s1. The van der Waals surface area contributed by atoms with Gasteiger partial charge in [-0.3, -0.25) is 4.79 Å². The summed E-state index contributed by atoms with van der Waals surface area (Å²) in [7, 11) is -2.57. The summed E-state index contributed by atoms with van der Waals surface area (Å²) in [4.78, 5) is 36.7. The molecule has 0 heterocycles. The number of benzene rings is 2. The Labute approximate surface area is 200 Å². The van der Waals surface area contributed by atoms with Gasteiger partial charge in [0, 0.05) is 5.92 Å². The van der Waals surface area contributed by atoms with Crippen LogP contribution in [0.1, 0.15) is 37.8 Å². The van der Waals surface area contributed by atoms with Gasteiger partial charge in [-0.15, -0.1) is 0 Å². The minimum atomic E-state index is -2.57. The van der Waals surface area contributed by atoms with Crippen molar-refractivity contribution in [2.24, 2.45) is 5.73 Å². The Bertz CT molecular complexity index is 1050. The summed E-state index contributed by atoms with van der Waals surface area (Å²) in [5.74, 6) is -2.58. The summed E-state index contributed by atoms with van der Waals surface area (Å²) >= 11 is 0. The zero-order valence-electron chi connectivity index (χ0n) is 20.1. The molecule has 34 heavy (non-hydrogen) atoms. The monoisotopic (exact) mass is 484 g/mol. The van der Waals surface area contributed by atoms with Crippen LogP contribution in [0.25, 0.3) is 11.1 Å². The largest absolute Gasteiger partial charge is 0.480 e. The molecule has 0 bridgehead atoms. The van der Waals surface area contributed by atoms with E-state index in [0.717, 1.165) is 22.3 Å². The fraction of sp³-hybridized carbons (Fsp3) is 0.400. The summed E-state index contributed by atoms with van der Waals surface area (Å²) in [5, 5.41) is 11.7. The Morgan fingerprint density at radius 1 is 1.03 bits per heavy atom. The van der Waals surface area contributed by atoms with E-state index in [0.29, 0.717) is 0 Å². The molecule has 0 unspecified atom stereocenters. The van der Waals surface area contributed by atoms with E-state index in [1.807, 2.05) is 82.4 Å². The molecule has 2 atom stereocenters. The fourth-order valence-electron chi connectivity index (χ4n) is 3.82. The molecule has 0 radical (unpaired) electrons. The topological polar surface area (TPSA) is 128 Å². The van der Waals surface area contributed by atoms with Crippen LogP contribution >= 0.6 is 0 Å². The molecular formula is C25H32N2O6Si. The van der Waals surface area contributed by atoms with Gasteiger partial charge in [-0.1, -0.05) is 69.3 Å². The number of ether oxygens (including phenoxy) is 1. The highest BCUT2D eigenvalue weighted by Gasteiger charge is 2.45. The highest BCUT2D eigenvalue weighted by atomic mass is 28.4. The van der Waals surface area contributed by atoms with E-state index in [2.05, 4.69) is 5.32 Å². The van der Waals surface area contributed by atoms with Crippen LogP contribution in [0.2, 0.25) is 18.1 Å². The molecule has 2 amide bonds. The van der Waals surface area contributed by atoms with Gasteiger partial charge in [0.1, 0.15) is 6.61 Å². The Kier molecular flexibility index (Phi) is 7.18. The molecule has 182 valence electrons. The van der Waals surface area contributed by atoms with Crippen LogP contribution in [0.15, 0.2) is 48.5 Å². The Balaban J connectivity index is 1.74. The highest BCUT2D eigenvalue weighted by Crippen LogP contribution is 2.44. The third-order valence-corrected chi connectivity index (χ3v) is 11.1. The SMILES string of the molecule is CC(C)(C)[Si](C)(C)O[C@@H](C(N)=O)[C@H](NC(=O)OCC1c2ccccc2-c2ccccc21)C(=O)O. The molecule has 1 aliphatic carbocycles. The number of amides is 2. The summed E-state index contributed by atoms with van der Waals surface area (Å²) in [6.07, 6.45) is -2.49. The summed E-state index contributed by atoms with van der Waals surface area (Å²) in [6.45, 7) is 9.60. The number of carbonyl (C=O) groups is 3. The predicted molar refractivity (Wildman–Crippen MR) is 131 cm³/mol. The van der Waals surface area contributed by atoms with Crippen molar-refractivity contribution in [3.8, 4) is 11.1 Å². The first-order chi connectivity index (χ1) is 15.8.